The van der Waals surface area contributed by atoms with Crippen molar-refractivity contribution < 1.29 is 4.39 Å². The van der Waals surface area contributed by atoms with Crippen molar-refractivity contribution in [2.24, 2.45) is 0 Å². The van der Waals surface area contributed by atoms with E-state index >= 15 is 0 Å². The van der Waals surface area contributed by atoms with Gasteiger partial charge < -0.3 is 10.2 Å². The van der Waals surface area contributed by atoms with Gasteiger partial charge in [0.25, 0.3) is 0 Å². The number of alkyl halides is 1. The number of nitrogens with zero attached hydrogens (tertiary/aromatic N) is 4. The zero-order valence-corrected chi connectivity index (χ0v) is 10.7. The second kappa shape index (κ2) is 4.37. The largest absolute Gasteiger partial charge is 0.345 e. The molecule has 1 aliphatic carbocycles. The molecule has 0 spiro atoms. The van der Waals surface area contributed by atoms with Crippen LogP contribution in [0.5, 0.6) is 0 Å². The first-order valence-corrected chi connectivity index (χ1v) is 7.14. The highest BCUT2D eigenvalue weighted by molar-refractivity contribution is 5.41. The number of nitrogens with one attached hydrogen (secondary N) is 1. The average Bonchev–Trinajstić information content (AvgIpc) is 3.18. The van der Waals surface area contributed by atoms with E-state index in [9.17, 15) is 4.39 Å². The van der Waals surface area contributed by atoms with Crippen LogP contribution in [0.3, 0.4) is 0 Å². The van der Waals surface area contributed by atoms with Gasteiger partial charge in [0.1, 0.15) is 12.5 Å². The molecule has 19 heavy (non-hydrogen) atoms. The monoisotopic (exact) mass is 263 g/mol. The zero-order valence-electron chi connectivity index (χ0n) is 10.7. The molecule has 6 heteroatoms. The van der Waals surface area contributed by atoms with E-state index in [2.05, 4.69) is 25.4 Å². The first kappa shape index (κ1) is 11.5. The maximum atomic E-state index is 14.7. The van der Waals surface area contributed by atoms with Gasteiger partial charge in [-0.1, -0.05) is 0 Å². The normalized spacial score (nSPS) is 37.3. The molecule has 0 aromatic carbocycles. The van der Waals surface area contributed by atoms with E-state index in [1.807, 2.05) is 0 Å². The fourth-order valence-corrected chi connectivity index (χ4v) is 3.58. The van der Waals surface area contributed by atoms with Crippen molar-refractivity contribution in [3.63, 3.8) is 0 Å². The fourth-order valence-electron chi connectivity index (χ4n) is 3.58. The Bertz CT molecular complexity index is 452. The van der Waals surface area contributed by atoms with Gasteiger partial charge in [-0.3, -0.25) is 0 Å². The predicted octanol–water partition coefficient (Wildman–Crippen LogP) is 1.07. The molecule has 2 saturated heterocycles. The minimum atomic E-state index is -0.818. The minimum Gasteiger partial charge on any atom is -0.345 e. The Balaban J connectivity index is 1.64. The van der Waals surface area contributed by atoms with E-state index in [0.717, 1.165) is 37.9 Å². The standard InChI is InChI=1S/C13H18FN5/c14-13-10-4-1-8(17-10)5-11(13)19(9-2-3-9)12-6-15-7-16-18-12/h6-11,13,17H,1-5H2/t8-,10+,11-,13+/m0/s1. The average molecular weight is 263 g/mol. The van der Waals surface area contributed by atoms with Crippen LogP contribution in [0.1, 0.15) is 32.1 Å². The lowest BCUT2D eigenvalue weighted by Gasteiger charge is -2.40. The first-order valence-electron chi connectivity index (χ1n) is 7.14. The molecule has 2 aliphatic heterocycles. The van der Waals surface area contributed by atoms with E-state index < -0.39 is 6.17 Å². The number of rotatable bonds is 3. The van der Waals surface area contributed by atoms with Gasteiger partial charge in [-0.25, -0.2) is 9.37 Å². The van der Waals surface area contributed by atoms with Crippen LogP contribution in [0.25, 0.3) is 0 Å². The van der Waals surface area contributed by atoms with Crippen molar-refractivity contribution in [1.29, 1.82) is 0 Å². The first-order chi connectivity index (χ1) is 9.33. The third-order valence-electron chi connectivity index (χ3n) is 4.58. The maximum Gasteiger partial charge on any atom is 0.170 e. The number of hydrogen-bond donors (Lipinski definition) is 1. The van der Waals surface area contributed by atoms with Crippen LogP contribution >= 0.6 is 0 Å². The Labute approximate surface area is 111 Å². The van der Waals surface area contributed by atoms with E-state index in [-0.39, 0.29) is 12.1 Å². The minimum absolute atomic E-state index is 0.0228. The van der Waals surface area contributed by atoms with E-state index in [4.69, 9.17) is 0 Å². The Hall–Kier alpha value is -1.30. The molecule has 0 unspecified atom stereocenters. The fraction of sp³-hybridized carbons (Fsp3) is 0.769. The Morgan fingerprint density at radius 3 is 2.89 bits per heavy atom. The van der Waals surface area contributed by atoms with Gasteiger partial charge in [0, 0.05) is 18.1 Å². The summed E-state index contributed by atoms with van der Waals surface area (Å²) in [5.74, 6) is 0.735. The summed E-state index contributed by atoms with van der Waals surface area (Å²) in [4.78, 5) is 6.19. The molecule has 0 radical (unpaired) electrons. The summed E-state index contributed by atoms with van der Waals surface area (Å²) in [5.41, 5.74) is 0. The number of anilines is 1. The van der Waals surface area contributed by atoms with Gasteiger partial charge in [-0.15, -0.1) is 10.2 Å². The van der Waals surface area contributed by atoms with Crippen molar-refractivity contribution in [2.75, 3.05) is 4.90 Å². The Kier molecular flexibility index (Phi) is 2.65. The summed E-state index contributed by atoms with van der Waals surface area (Å²) in [5, 5.41) is 11.4. The van der Waals surface area contributed by atoms with Gasteiger partial charge >= 0.3 is 0 Å². The molecule has 3 aliphatic rings. The molecule has 1 N–H and O–H groups in total. The van der Waals surface area contributed by atoms with E-state index in [1.165, 1.54) is 6.33 Å². The molecule has 2 bridgehead atoms. The van der Waals surface area contributed by atoms with Gasteiger partial charge in [0.2, 0.25) is 0 Å². The van der Waals surface area contributed by atoms with Crippen LogP contribution in [-0.4, -0.2) is 45.5 Å². The summed E-state index contributed by atoms with van der Waals surface area (Å²) in [6.45, 7) is 0. The van der Waals surface area contributed by atoms with Gasteiger partial charge in [0.15, 0.2) is 5.82 Å². The molecule has 0 amide bonds. The zero-order chi connectivity index (χ0) is 12.8. The molecule has 4 rings (SSSR count). The highest BCUT2D eigenvalue weighted by Gasteiger charge is 2.48. The highest BCUT2D eigenvalue weighted by atomic mass is 19.1. The number of fused-ring (bicyclic) bond motifs is 2. The summed E-state index contributed by atoms with van der Waals surface area (Å²) >= 11 is 0. The maximum absolute atomic E-state index is 14.7. The summed E-state index contributed by atoms with van der Waals surface area (Å²) < 4.78 is 14.7. The van der Waals surface area contributed by atoms with Gasteiger partial charge in [-0.05, 0) is 32.1 Å². The molecule has 1 aromatic heterocycles. The molecule has 5 nitrogen and oxygen atoms in total. The van der Waals surface area contributed by atoms with Crippen molar-refractivity contribution >= 4 is 5.82 Å². The van der Waals surface area contributed by atoms with Crippen molar-refractivity contribution in [3.8, 4) is 0 Å². The van der Waals surface area contributed by atoms with Crippen LogP contribution in [0.15, 0.2) is 12.5 Å². The number of hydrogen-bond acceptors (Lipinski definition) is 5. The van der Waals surface area contributed by atoms with Crippen LogP contribution < -0.4 is 10.2 Å². The highest BCUT2D eigenvalue weighted by Crippen LogP contribution is 2.39. The smallest absolute Gasteiger partial charge is 0.170 e. The second-order valence-corrected chi connectivity index (χ2v) is 5.90. The topological polar surface area (TPSA) is 53.9 Å². The molecule has 3 fully saturated rings. The lowest BCUT2D eigenvalue weighted by molar-refractivity contribution is 0.171. The predicted molar refractivity (Wildman–Crippen MR) is 68.6 cm³/mol. The third kappa shape index (κ3) is 1.98. The summed E-state index contributed by atoms with van der Waals surface area (Å²) in [6, 6.07) is 0.853. The van der Waals surface area contributed by atoms with Gasteiger partial charge in [0.05, 0.1) is 12.2 Å². The third-order valence-corrected chi connectivity index (χ3v) is 4.58. The lowest BCUT2D eigenvalue weighted by Crippen LogP contribution is -2.57. The van der Waals surface area contributed by atoms with Crippen LogP contribution in [0, 0.1) is 0 Å². The van der Waals surface area contributed by atoms with E-state index in [0.29, 0.717) is 12.1 Å². The Morgan fingerprint density at radius 2 is 2.16 bits per heavy atom. The van der Waals surface area contributed by atoms with Crippen LogP contribution in [0.4, 0.5) is 10.2 Å². The van der Waals surface area contributed by atoms with Crippen LogP contribution in [-0.2, 0) is 0 Å². The quantitative estimate of drug-likeness (QED) is 0.884. The molecular weight excluding hydrogens is 245 g/mol. The van der Waals surface area contributed by atoms with Crippen LogP contribution in [0.2, 0.25) is 0 Å². The molecular formula is C13H18FN5. The van der Waals surface area contributed by atoms with Crippen molar-refractivity contribution in [1.82, 2.24) is 20.5 Å². The van der Waals surface area contributed by atoms with Crippen molar-refractivity contribution in [3.05, 3.63) is 12.5 Å². The number of halogens is 1. The van der Waals surface area contributed by atoms with Gasteiger partial charge in [-0.2, -0.15) is 0 Å². The van der Waals surface area contributed by atoms with Crippen molar-refractivity contribution in [2.45, 2.75) is 62.4 Å². The molecule has 102 valence electrons. The molecule has 3 heterocycles. The molecule has 1 aromatic rings. The SMILES string of the molecule is F[C@@H]1[C@H]2CC[C@@H](C[C@@H]1N(c1cncnn1)C1CC1)N2. The molecule has 4 atom stereocenters. The molecule has 1 saturated carbocycles. The lowest BCUT2D eigenvalue weighted by atomic mass is 9.96. The number of piperidine rings is 1. The number of aromatic nitrogens is 3. The summed E-state index contributed by atoms with van der Waals surface area (Å²) in [7, 11) is 0. The van der Waals surface area contributed by atoms with E-state index in [1.54, 1.807) is 6.20 Å². The summed E-state index contributed by atoms with van der Waals surface area (Å²) in [6.07, 6.45) is 7.49. The second-order valence-electron chi connectivity index (χ2n) is 5.90. The Morgan fingerprint density at radius 1 is 1.26 bits per heavy atom.